The summed E-state index contributed by atoms with van der Waals surface area (Å²) in [5.74, 6) is 4.23. The van der Waals surface area contributed by atoms with Gasteiger partial charge in [0.15, 0.2) is 5.78 Å². The molecule has 25 heavy (non-hydrogen) atoms. The zero-order chi connectivity index (χ0) is 17.6. The van der Waals surface area contributed by atoms with Crippen LogP contribution in [0.4, 0.5) is 0 Å². The van der Waals surface area contributed by atoms with Crippen molar-refractivity contribution < 1.29 is 9.53 Å². The molecule has 2 nitrogen and oxygen atoms in total. The zero-order valence-electron chi connectivity index (χ0n) is 15.8. The van der Waals surface area contributed by atoms with E-state index in [2.05, 4.69) is 36.7 Å². The van der Waals surface area contributed by atoms with Gasteiger partial charge in [0.2, 0.25) is 0 Å². The van der Waals surface area contributed by atoms with Crippen molar-refractivity contribution in [2.24, 2.45) is 40.4 Å². The lowest BCUT2D eigenvalue weighted by molar-refractivity contribution is -0.117. The van der Waals surface area contributed by atoms with E-state index in [1.807, 2.05) is 6.08 Å². The Hall–Kier alpha value is -0.150. The number of ketones is 1. The summed E-state index contributed by atoms with van der Waals surface area (Å²) in [5, 5.41) is 1.13. The van der Waals surface area contributed by atoms with Crippen molar-refractivity contribution in [3.63, 3.8) is 0 Å². The van der Waals surface area contributed by atoms with Crippen molar-refractivity contribution in [3.05, 3.63) is 11.6 Å². The first-order valence-electron chi connectivity index (χ1n) is 10.4. The lowest BCUT2D eigenvalue weighted by Crippen LogP contribution is -2.53. The van der Waals surface area contributed by atoms with Gasteiger partial charge in [-0.2, -0.15) is 0 Å². The van der Waals surface area contributed by atoms with Crippen LogP contribution in [0, 0.1) is 40.4 Å². The minimum atomic E-state index is 0.219. The van der Waals surface area contributed by atoms with E-state index in [4.69, 9.17) is 4.74 Å². The van der Waals surface area contributed by atoms with Crippen LogP contribution < -0.4 is 0 Å². The fraction of sp³-hybridized carbons (Fsp3) is 0.864. The number of epoxide rings is 1. The standard InChI is InChI=1S/C22H31BrO2/c1-12(11-23)14-4-5-15-18-16(7-9-21(14,15)2)22(3)8-6-13(24)10-17(22)19-20(18)25-19/h10,12,14-16,18-20H,4-9,11H2,1-3H3/t12-,14?,15?,16?,18?,19-,20+,21-,22-/m1/s1. The number of carbonyl (C=O) groups is 1. The van der Waals surface area contributed by atoms with Gasteiger partial charge in [0.05, 0.1) is 6.10 Å². The van der Waals surface area contributed by atoms with E-state index >= 15 is 0 Å². The van der Waals surface area contributed by atoms with E-state index in [-0.39, 0.29) is 11.5 Å². The molecule has 3 saturated carbocycles. The summed E-state index contributed by atoms with van der Waals surface area (Å²) in [7, 11) is 0. The van der Waals surface area contributed by atoms with Crippen LogP contribution in [-0.4, -0.2) is 23.3 Å². The summed E-state index contributed by atoms with van der Waals surface area (Å²) in [5.41, 5.74) is 2.07. The minimum absolute atomic E-state index is 0.219. The highest BCUT2D eigenvalue weighted by molar-refractivity contribution is 9.09. The van der Waals surface area contributed by atoms with Crippen LogP contribution >= 0.6 is 15.9 Å². The second kappa shape index (κ2) is 5.44. The lowest BCUT2D eigenvalue weighted by atomic mass is 9.46. The summed E-state index contributed by atoms with van der Waals surface area (Å²) < 4.78 is 6.28. The highest BCUT2D eigenvalue weighted by Gasteiger charge is 2.69. The van der Waals surface area contributed by atoms with Gasteiger partial charge in [0.25, 0.3) is 0 Å². The largest absolute Gasteiger partial charge is 0.365 e. The Morgan fingerprint density at radius 1 is 1.24 bits per heavy atom. The molecule has 0 aromatic heterocycles. The average molecular weight is 407 g/mol. The molecule has 4 aliphatic carbocycles. The number of hydrogen-bond donors (Lipinski definition) is 0. The molecule has 4 fully saturated rings. The van der Waals surface area contributed by atoms with Crippen LogP contribution in [0.3, 0.4) is 0 Å². The molecule has 0 aromatic carbocycles. The Morgan fingerprint density at radius 2 is 2.04 bits per heavy atom. The molecule has 9 atom stereocenters. The second-order valence-electron chi connectivity index (χ2n) is 10.2. The van der Waals surface area contributed by atoms with E-state index < -0.39 is 0 Å². The number of fused-ring (bicyclic) bond motifs is 8. The Labute approximate surface area is 160 Å². The van der Waals surface area contributed by atoms with Crippen LogP contribution in [0.15, 0.2) is 11.6 Å². The number of alkyl halides is 1. The van der Waals surface area contributed by atoms with Crippen molar-refractivity contribution in [2.75, 3.05) is 5.33 Å². The Kier molecular flexibility index (Phi) is 3.69. The van der Waals surface area contributed by atoms with Crippen molar-refractivity contribution in [1.29, 1.82) is 0 Å². The van der Waals surface area contributed by atoms with Gasteiger partial charge < -0.3 is 4.74 Å². The highest BCUT2D eigenvalue weighted by Crippen LogP contribution is 2.70. The Morgan fingerprint density at radius 3 is 2.80 bits per heavy atom. The smallest absolute Gasteiger partial charge is 0.155 e. The highest BCUT2D eigenvalue weighted by atomic mass is 79.9. The molecule has 0 aromatic rings. The monoisotopic (exact) mass is 406 g/mol. The van der Waals surface area contributed by atoms with Gasteiger partial charge in [-0.25, -0.2) is 0 Å². The van der Waals surface area contributed by atoms with Gasteiger partial charge in [0.1, 0.15) is 6.10 Å². The number of halogens is 1. The third kappa shape index (κ3) is 2.15. The molecule has 0 bridgehead atoms. The van der Waals surface area contributed by atoms with Crippen LogP contribution in [0.25, 0.3) is 0 Å². The van der Waals surface area contributed by atoms with E-state index in [1.165, 1.54) is 31.3 Å². The van der Waals surface area contributed by atoms with Crippen LogP contribution in [0.1, 0.15) is 59.3 Å². The normalized spacial score (nSPS) is 54.7. The predicted octanol–water partition coefficient (Wildman–Crippen LogP) is 5.15. The molecule has 1 saturated heterocycles. The SMILES string of the molecule is C[C@H](CBr)C1CCC2C3C(CC[C@@]21C)[C@@]1(C)CCC(=O)C=C1[C@H]1O[C@@H]31. The summed E-state index contributed by atoms with van der Waals surface area (Å²) in [6, 6.07) is 0. The van der Waals surface area contributed by atoms with Crippen LogP contribution in [0.5, 0.6) is 0 Å². The minimum Gasteiger partial charge on any atom is -0.365 e. The van der Waals surface area contributed by atoms with Crippen molar-refractivity contribution in [2.45, 2.75) is 71.5 Å². The maximum atomic E-state index is 12.0. The molecule has 5 aliphatic rings. The molecule has 4 unspecified atom stereocenters. The maximum absolute atomic E-state index is 12.0. The first-order chi connectivity index (χ1) is 11.9. The number of rotatable bonds is 2. The van der Waals surface area contributed by atoms with E-state index in [0.717, 1.165) is 47.8 Å². The van der Waals surface area contributed by atoms with Crippen molar-refractivity contribution in [3.8, 4) is 0 Å². The third-order valence-electron chi connectivity index (χ3n) is 9.23. The average Bonchev–Trinajstić information content (AvgIpc) is 3.30. The third-order valence-corrected chi connectivity index (χ3v) is 10.3. The number of hydrogen-bond acceptors (Lipinski definition) is 2. The van der Waals surface area contributed by atoms with E-state index in [1.54, 1.807) is 0 Å². The molecule has 138 valence electrons. The molecular formula is C22H31BrO2. The molecule has 3 heteroatoms. The van der Waals surface area contributed by atoms with Gasteiger partial charge >= 0.3 is 0 Å². The topological polar surface area (TPSA) is 29.6 Å². The first-order valence-corrected chi connectivity index (χ1v) is 11.5. The van der Waals surface area contributed by atoms with Crippen molar-refractivity contribution in [1.82, 2.24) is 0 Å². The van der Waals surface area contributed by atoms with Gasteiger partial charge in [-0.15, -0.1) is 0 Å². The van der Waals surface area contributed by atoms with Gasteiger partial charge in [0, 0.05) is 11.8 Å². The first kappa shape index (κ1) is 17.0. The molecule has 5 rings (SSSR count). The fourth-order valence-corrected chi connectivity index (χ4v) is 8.34. The van der Waals surface area contributed by atoms with E-state index in [9.17, 15) is 4.79 Å². The van der Waals surface area contributed by atoms with Crippen LogP contribution in [-0.2, 0) is 9.53 Å². The van der Waals surface area contributed by atoms with Crippen molar-refractivity contribution >= 4 is 21.7 Å². The second-order valence-corrected chi connectivity index (χ2v) is 10.8. The van der Waals surface area contributed by atoms with E-state index in [0.29, 0.717) is 17.3 Å². The summed E-state index contributed by atoms with van der Waals surface area (Å²) in [6.45, 7) is 7.49. The summed E-state index contributed by atoms with van der Waals surface area (Å²) >= 11 is 3.75. The number of ether oxygens (including phenoxy) is 1. The Balaban J connectivity index is 1.51. The zero-order valence-corrected chi connectivity index (χ0v) is 17.3. The Bertz CT molecular complexity index is 642. The molecule has 0 amide bonds. The lowest BCUT2D eigenvalue weighted by Gasteiger charge is -2.57. The molecule has 1 heterocycles. The fourth-order valence-electron chi connectivity index (χ4n) is 7.89. The maximum Gasteiger partial charge on any atom is 0.155 e. The van der Waals surface area contributed by atoms with Gasteiger partial charge in [-0.1, -0.05) is 36.7 Å². The van der Waals surface area contributed by atoms with Gasteiger partial charge in [-0.3, -0.25) is 4.79 Å². The van der Waals surface area contributed by atoms with Crippen LogP contribution in [0.2, 0.25) is 0 Å². The molecule has 0 spiro atoms. The quantitative estimate of drug-likeness (QED) is 0.468. The van der Waals surface area contributed by atoms with Gasteiger partial charge in [-0.05, 0) is 84.2 Å². The molecule has 1 aliphatic heterocycles. The predicted molar refractivity (Wildman–Crippen MR) is 103 cm³/mol. The molecular weight excluding hydrogens is 376 g/mol. The summed E-state index contributed by atoms with van der Waals surface area (Å²) in [6.07, 6.45) is 9.94. The molecule has 0 N–H and O–H groups in total. The molecule has 0 radical (unpaired) electrons. The summed E-state index contributed by atoms with van der Waals surface area (Å²) in [4.78, 5) is 12.0. The number of carbonyl (C=O) groups excluding carboxylic acids is 1.